The molecule has 98 valence electrons. The zero-order chi connectivity index (χ0) is 12.3. The highest BCUT2D eigenvalue weighted by molar-refractivity contribution is 5.81. The van der Waals surface area contributed by atoms with Crippen LogP contribution in [-0.2, 0) is 9.53 Å². The Labute approximate surface area is 103 Å². The largest absolute Gasteiger partial charge is 0.364 e. The number of hydrogen-bond acceptors (Lipinski definition) is 3. The summed E-state index contributed by atoms with van der Waals surface area (Å²) in [5.41, 5.74) is 5.58. The molecule has 0 aromatic heterocycles. The lowest BCUT2D eigenvalue weighted by Gasteiger charge is -2.29. The van der Waals surface area contributed by atoms with E-state index >= 15 is 0 Å². The van der Waals surface area contributed by atoms with E-state index in [2.05, 4.69) is 6.92 Å². The fraction of sp³-hybridized carbons (Fsp3) is 0.923. The van der Waals surface area contributed by atoms with Gasteiger partial charge in [0.1, 0.15) is 6.10 Å². The second-order valence-electron chi connectivity index (χ2n) is 5.29. The Bertz CT molecular complexity index is 270. The molecule has 0 spiro atoms. The van der Waals surface area contributed by atoms with Gasteiger partial charge in [0.2, 0.25) is 0 Å². The van der Waals surface area contributed by atoms with Crippen LogP contribution in [0.1, 0.15) is 45.4 Å². The molecule has 2 fully saturated rings. The number of amides is 1. The van der Waals surface area contributed by atoms with Gasteiger partial charge in [-0.05, 0) is 32.6 Å². The molecule has 2 saturated heterocycles. The van der Waals surface area contributed by atoms with Crippen molar-refractivity contribution in [3.63, 3.8) is 0 Å². The molecule has 0 aliphatic carbocycles. The maximum atomic E-state index is 12.4. The molecule has 17 heavy (non-hydrogen) atoms. The van der Waals surface area contributed by atoms with Crippen LogP contribution < -0.4 is 5.73 Å². The van der Waals surface area contributed by atoms with Crippen LogP contribution in [0, 0.1) is 0 Å². The van der Waals surface area contributed by atoms with Gasteiger partial charge < -0.3 is 15.4 Å². The number of ether oxygens (including phenoxy) is 1. The van der Waals surface area contributed by atoms with Gasteiger partial charge in [-0.2, -0.15) is 0 Å². The summed E-state index contributed by atoms with van der Waals surface area (Å²) >= 11 is 0. The molecule has 4 nitrogen and oxygen atoms in total. The summed E-state index contributed by atoms with van der Waals surface area (Å²) in [4.78, 5) is 14.4. The van der Waals surface area contributed by atoms with Crippen molar-refractivity contribution in [2.75, 3.05) is 13.1 Å². The third-order valence-corrected chi connectivity index (χ3v) is 3.98. The van der Waals surface area contributed by atoms with Crippen molar-refractivity contribution >= 4 is 5.91 Å². The smallest absolute Gasteiger partial charge is 0.251 e. The number of carbonyl (C=O) groups excluding carboxylic acids is 1. The summed E-state index contributed by atoms with van der Waals surface area (Å²) in [6, 6.07) is 0.366. The van der Waals surface area contributed by atoms with Crippen molar-refractivity contribution in [3.8, 4) is 0 Å². The van der Waals surface area contributed by atoms with E-state index in [1.807, 2.05) is 4.90 Å². The fourth-order valence-corrected chi connectivity index (χ4v) is 2.85. The Balaban J connectivity index is 1.94. The maximum Gasteiger partial charge on any atom is 0.251 e. The standard InChI is InChI=1S/C13H24N2O2/c1-10-5-3-2-4-8-15(10)13(16)12-7-6-11(9-14)17-12/h10-12H,2-9,14H2,1H3. The van der Waals surface area contributed by atoms with E-state index in [0.29, 0.717) is 12.6 Å². The Morgan fingerprint density at radius 1 is 1.29 bits per heavy atom. The molecule has 2 aliphatic heterocycles. The van der Waals surface area contributed by atoms with Gasteiger partial charge in [-0.1, -0.05) is 12.8 Å². The summed E-state index contributed by atoms with van der Waals surface area (Å²) in [6.45, 7) is 3.57. The molecule has 0 saturated carbocycles. The number of likely N-dealkylation sites (tertiary alicyclic amines) is 1. The molecule has 1 amide bonds. The third-order valence-electron chi connectivity index (χ3n) is 3.98. The van der Waals surface area contributed by atoms with Crippen molar-refractivity contribution in [2.24, 2.45) is 5.73 Å². The molecule has 2 rings (SSSR count). The zero-order valence-corrected chi connectivity index (χ0v) is 10.7. The van der Waals surface area contributed by atoms with Gasteiger partial charge in [0.15, 0.2) is 0 Å². The van der Waals surface area contributed by atoms with E-state index in [0.717, 1.165) is 32.2 Å². The van der Waals surface area contributed by atoms with Crippen molar-refractivity contribution in [3.05, 3.63) is 0 Å². The molecular weight excluding hydrogens is 216 g/mol. The Morgan fingerprint density at radius 3 is 2.82 bits per heavy atom. The minimum atomic E-state index is -0.232. The summed E-state index contributed by atoms with van der Waals surface area (Å²) in [6.07, 6.45) is 6.35. The van der Waals surface area contributed by atoms with Gasteiger partial charge >= 0.3 is 0 Å². The summed E-state index contributed by atoms with van der Waals surface area (Å²) < 4.78 is 5.70. The van der Waals surface area contributed by atoms with Crippen LogP contribution >= 0.6 is 0 Å². The fourth-order valence-electron chi connectivity index (χ4n) is 2.85. The average Bonchev–Trinajstić information content (AvgIpc) is 2.71. The predicted molar refractivity (Wildman–Crippen MR) is 66.6 cm³/mol. The molecule has 2 N–H and O–H groups in total. The van der Waals surface area contributed by atoms with Crippen LogP contribution in [-0.4, -0.2) is 42.1 Å². The van der Waals surface area contributed by atoms with Gasteiger partial charge in [0.05, 0.1) is 6.10 Å². The van der Waals surface area contributed by atoms with Crippen LogP contribution in [0.4, 0.5) is 0 Å². The van der Waals surface area contributed by atoms with Crippen molar-refractivity contribution in [1.29, 1.82) is 0 Å². The molecule has 0 aromatic rings. The van der Waals surface area contributed by atoms with E-state index in [4.69, 9.17) is 10.5 Å². The SMILES string of the molecule is CC1CCCCCN1C(=O)C1CCC(CN)O1. The summed E-state index contributed by atoms with van der Waals surface area (Å²) in [5, 5.41) is 0. The van der Waals surface area contributed by atoms with E-state index in [-0.39, 0.29) is 18.1 Å². The van der Waals surface area contributed by atoms with Gasteiger partial charge in [0.25, 0.3) is 5.91 Å². The molecule has 3 atom stereocenters. The first-order valence-corrected chi connectivity index (χ1v) is 6.88. The minimum absolute atomic E-state index is 0.0891. The molecule has 4 heteroatoms. The molecule has 0 bridgehead atoms. The third kappa shape index (κ3) is 2.99. The van der Waals surface area contributed by atoms with Gasteiger partial charge in [0, 0.05) is 19.1 Å². The average molecular weight is 240 g/mol. The van der Waals surface area contributed by atoms with Crippen molar-refractivity contribution < 1.29 is 9.53 Å². The Kier molecular flexibility index (Phi) is 4.40. The van der Waals surface area contributed by atoms with Gasteiger partial charge in [-0.25, -0.2) is 0 Å². The molecular formula is C13H24N2O2. The van der Waals surface area contributed by atoms with Crippen LogP contribution in [0.15, 0.2) is 0 Å². The van der Waals surface area contributed by atoms with Crippen LogP contribution in [0.5, 0.6) is 0 Å². The van der Waals surface area contributed by atoms with Gasteiger partial charge in [-0.15, -0.1) is 0 Å². The highest BCUT2D eigenvalue weighted by Crippen LogP contribution is 2.24. The Hall–Kier alpha value is -0.610. The maximum absolute atomic E-state index is 12.4. The normalized spacial score (nSPS) is 34.7. The summed E-state index contributed by atoms with van der Waals surface area (Å²) in [7, 11) is 0. The topological polar surface area (TPSA) is 55.6 Å². The van der Waals surface area contributed by atoms with Crippen molar-refractivity contribution in [2.45, 2.75) is 63.7 Å². The van der Waals surface area contributed by atoms with Crippen LogP contribution in [0.3, 0.4) is 0 Å². The quantitative estimate of drug-likeness (QED) is 0.791. The zero-order valence-electron chi connectivity index (χ0n) is 10.7. The van der Waals surface area contributed by atoms with E-state index in [9.17, 15) is 4.79 Å². The number of nitrogens with zero attached hydrogens (tertiary/aromatic N) is 1. The number of carbonyl (C=O) groups is 1. The second-order valence-corrected chi connectivity index (χ2v) is 5.29. The van der Waals surface area contributed by atoms with Crippen LogP contribution in [0.25, 0.3) is 0 Å². The molecule has 3 unspecified atom stereocenters. The lowest BCUT2D eigenvalue weighted by Crippen LogP contribution is -2.44. The first-order valence-electron chi connectivity index (χ1n) is 6.88. The van der Waals surface area contributed by atoms with Gasteiger partial charge in [-0.3, -0.25) is 4.79 Å². The second kappa shape index (κ2) is 5.83. The van der Waals surface area contributed by atoms with E-state index < -0.39 is 0 Å². The highest BCUT2D eigenvalue weighted by Gasteiger charge is 2.34. The van der Waals surface area contributed by atoms with Crippen molar-refractivity contribution in [1.82, 2.24) is 4.90 Å². The Morgan fingerprint density at radius 2 is 2.12 bits per heavy atom. The molecule has 2 heterocycles. The monoisotopic (exact) mass is 240 g/mol. The first kappa shape index (κ1) is 12.8. The first-order chi connectivity index (χ1) is 8.22. The number of nitrogens with two attached hydrogens (primary N) is 1. The molecule has 0 radical (unpaired) electrons. The van der Waals surface area contributed by atoms with Crippen LogP contribution in [0.2, 0.25) is 0 Å². The highest BCUT2D eigenvalue weighted by atomic mass is 16.5. The predicted octanol–water partition coefficient (Wildman–Crippen LogP) is 1.28. The van der Waals surface area contributed by atoms with E-state index in [1.54, 1.807) is 0 Å². The molecule has 0 aromatic carbocycles. The summed E-state index contributed by atoms with van der Waals surface area (Å²) in [5.74, 6) is 0.190. The van der Waals surface area contributed by atoms with E-state index in [1.165, 1.54) is 12.8 Å². The number of rotatable bonds is 2. The number of hydrogen-bond donors (Lipinski definition) is 1. The lowest BCUT2D eigenvalue weighted by molar-refractivity contribution is -0.144. The minimum Gasteiger partial charge on any atom is -0.364 e. The lowest BCUT2D eigenvalue weighted by atomic mass is 10.1. The molecule has 2 aliphatic rings.